The van der Waals surface area contributed by atoms with Gasteiger partial charge < -0.3 is 10.2 Å². The fraction of sp³-hybridized carbons (Fsp3) is 0.412. The van der Waals surface area contributed by atoms with Gasteiger partial charge in [0, 0.05) is 30.7 Å². The molecule has 0 bridgehead atoms. The first-order chi connectivity index (χ1) is 10.7. The van der Waals surface area contributed by atoms with Crippen molar-refractivity contribution in [1.82, 2.24) is 9.97 Å². The lowest BCUT2D eigenvalue weighted by Gasteiger charge is -2.17. The SMILES string of the molecule is Cc1nc(NCCc2ccc(Cl)cc2)cc(N2CCCC2)n1. The molecule has 1 aromatic heterocycles. The second-order valence-corrected chi connectivity index (χ2v) is 6.09. The van der Waals surface area contributed by atoms with E-state index in [2.05, 4.69) is 38.4 Å². The lowest BCUT2D eigenvalue weighted by Crippen LogP contribution is -2.20. The van der Waals surface area contributed by atoms with Crippen molar-refractivity contribution >= 4 is 23.2 Å². The molecule has 4 nitrogen and oxygen atoms in total. The molecular weight excluding hydrogens is 296 g/mol. The number of nitrogens with one attached hydrogen (secondary N) is 1. The van der Waals surface area contributed by atoms with Crippen molar-refractivity contribution in [3.8, 4) is 0 Å². The van der Waals surface area contributed by atoms with Crippen LogP contribution in [0.25, 0.3) is 0 Å². The Hall–Kier alpha value is -1.81. The third-order valence-electron chi connectivity index (χ3n) is 3.89. The number of aromatic nitrogens is 2. The molecule has 1 aromatic carbocycles. The summed E-state index contributed by atoms with van der Waals surface area (Å²) in [7, 11) is 0. The van der Waals surface area contributed by atoms with Crippen LogP contribution < -0.4 is 10.2 Å². The van der Waals surface area contributed by atoms with Crippen LogP contribution in [0.5, 0.6) is 0 Å². The van der Waals surface area contributed by atoms with Gasteiger partial charge in [0.15, 0.2) is 0 Å². The Morgan fingerprint density at radius 3 is 2.59 bits per heavy atom. The van der Waals surface area contributed by atoms with Gasteiger partial charge in [-0.3, -0.25) is 0 Å². The van der Waals surface area contributed by atoms with Crippen molar-refractivity contribution in [2.75, 3.05) is 29.9 Å². The van der Waals surface area contributed by atoms with Crippen molar-refractivity contribution in [3.63, 3.8) is 0 Å². The maximum atomic E-state index is 5.90. The van der Waals surface area contributed by atoms with E-state index in [0.717, 1.165) is 48.5 Å². The fourth-order valence-corrected chi connectivity index (χ4v) is 2.86. The highest BCUT2D eigenvalue weighted by Gasteiger charge is 2.14. The molecule has 22 heavy (non-hydrogen) atoms. The van der Waals surface area contributed by atoms with Gasteiger partial charge in [0.2, 0.25) is 0 Å². The van der Waals surface area contributed by atoms with Crippen molar-refractivity contribution in [2.45, 2.75) is 26.2 Å². The molecule has 0 amide bonds. The lowest BCUT2D eigenvalue weighted by molar-refractivity contribution is 0.905. The molecular formula is C17H21ClN4. The fourth-order valence-electron chi connectivity index (χ4n) is 2.74. The molecule has 1 aliphatic rings. The van der Waals surface area contributed by atoms with E-state index in [1.807, 2.05) is 19.1 Å². The zero-order valence-electron chi connectivity index (χ0n) is 12.8. The third-order valence-corrected chi connectivity index (χ3v) is 4.14. The van der Waals surface area contributed by atoms with E-state index in [-0.39, 0.29) is 0 Å². The summed E-state index contributed by atoms with van der Waals surface area (Å²) in [4.78, 5) is 11.4. The Morgan fingerprint density at radius 2 is 1.86 bits per heavy atom. The highest BCUT2D eigenvalue weighted by Crippen LogP contribution is 2.20. The van der Waals surface area contributed by atoms with E-state index in [0.29, 0.717) is 0 Å². The Bertz CT molecular complexity index is 621. The molecule has 3 rings (SSSR count). The lowest BCUT2D eigenvalue weighted by atomic mass is 10.1. The first-order valence-corrected chi connectivity index (χ1v) is 8.17. The maximum absolute atomic E-state index is 5.90. The second kappa shape index (κ2) is 6.97. The van der Waals surface area contributed by atoms with E-state index in [1.54, 1.807) is 0 Å². The maximum Gasteiger partial charge on any atom is 0.134 e. The molecule has 2 heterocycles. The van der Waals surface area contributed by atoms with E-state index in [1.165, 1.54) is 18.4 Å². The third kappa shape index (κ3) is 3.89. The molecule has 0 atom stereocenters. The van der Waals surface area contributed by atoms with Crippen LogP contribution in [-0.2, 0) is 6.42 Å². The van der Waals surface area contributed by atoms with Crippen LogP contribution in [0.3, 0.4) is 0 Å². The summed E-state index contributed by atoms with van der Waals surface area (Å²) < 4.78 is 0. The largest absolute Gasteiger partial charge is 0.370 e. The second-order valence-electron chi connectivity index (χ2n) is 5.66. The number of benzene rings is 1. The van der Waals surface area contributed by atoms with Crippen LogP contribution in [-0.4, -0.2) is 29.6 Å². The van der Waals surface area contributed by atoms with Gasteiger partial charge in [0.05, 0.1) is 0 Å². The average molecular weight is 317 g/mol. The predicted molar refractivity (Wildman–Crippen MR) is 91.9 cm³/mol. The molecule has 5 heteroatoms. The number of anilines is 2. The molecule has 2 aromatic rings. The van der Waals surface area contributed by atoms with E-state index < -0.39 is 0 Å². The minimum absolute atomic E-state index is 0.776. The van der Waals surface area contributed by atoms with Gasteiger partial charge in [-0.2, -0.15) is 0 Å². The zero-order chi connectivity index (χ0) is 15.4. The summed E-state index contributed by atoms with van der Waals surface area (Å²) in [5.41, 5.74) is 1.27. The Morgan fingerprint density at radius 1 is 1.14 bits per heavy atom. The van der Waals surface area contributed by atoms with Gasteiger partial charge in [0.1, 0.15) is 17.5 Å². The molecule has 0 aliphatic carbocycles. The number of rotatable bonds is 5. The van der Waals surface area contributed by atoms with Gasteiger partial charge >= 0.3 is 0 Å². The van der Waals surface area contributed by atoms with Crippen molar-refractivity contribution in [2.24, 2.45) is 0 Å². The molecule has 1 N–H and O–H groups in total. The summed E-state index contributed by atoms with van der Waals surface area (Å²) >= 11 is 5.90. The topological polar surface area (TPSA) is 41.1 Å². The number of aryl methyl sites for hydroxylation is 1. The molecule has 1 fully saturated rings. The normalized spacial score (nSPS) is 14.4. The molecule has 0 unspecified atom stereocenters. The van der Waals surface area contributed by atoms with E-state index in [9.17, 15) is 0 Å². The Labute approximate surface area is 136 Å². The Balaban J connectivity index is 1.61. The number of hydrogen-bond donors (Lipinski definition) is 1. The molecule has 0 radical (unpaired) electrons. The Kier molecular flexibility index (Phi) is 4.78. The van der Waals surface area contributed by atoms with Crippen molar-refractivity contribution < 1.29 is 0 Å². The first-order valence-electron chi connectivity index (χ1n) is 7.80. The molecule has 0 saturated carbocycles. The minimum atomic E-state index is 0.776. The predicted octanol–water partition coefficient (Wildman–Crippen LogP) is 3.69. The molecule has 1 aliphatic heterocycles. The highest BCUT2D eigenvalue weighted by atomic mass is 35.5. The smallest absolute Gasteiger partial charge is 0.134 e. The zero-order valence-corrected chi connectivity index (χ0v) is 13.6. The molecule has 1 saturated heterocycles. The number of hydrogen-bond acceptors (Lipinski definition) is 4. The van der Waals surface area contributed by atoms with E-state index >= 15 is 0 Å². The van der Waals surface area contributed by atoms with Gasteiger partial charge in [-0.15, -0.1) is 0 Å². The standard InChI is InChI=1S/C17H21ClN4/c1-13-20-16(12-17(21-13)22-10-2-3-11-22)19-9-8-14-4-6-15(18)7-5-14/h4-7,12H,2-3,8-11H2,1H3,(H,19,20,21). The number of halogens is 1. The quantitative estimate of drug-likeness (QED) is 0.913. The van der Waals surface area contributed by atoms with Crippen LogP contribution in [0.4, 0.5) is 11.6 Å². The summed E-state index contributed by atoms with van der Waals surface area (Å²) in [5.74, 6) is 2.76. The van der Waals surface area contributed by atoms with Gasteiger partial charge in [0.25, 0.3) is 0 Å². The highest BCUT2D eigenvalue weighted by molar-refractivity contribution is 6.30. The summed E-state index contributed by atoms with van der Waals surface area (Å²) in [6, 6.07) is 10.0. The van der Waals surface area contributed by atoms with Gasteiger partial charge in [-0.25, -0.2) is 9.97 Å². The van der Waals surface area contributed by atoms with Crippen molar-refractivity contribution in [3.05, 3.63) is 46.7 Å². The number of nitrogens with zero attached hydrogens (tertiary/aromatic N) is 3. The summed E-state index contributed by atoms with van der Waals surface area (Å²) in [6.07, 6.45) is 3.45. The first kappa shape index (κ1) is 15.1. The minimum Gasteiger partial charge on any atom is -0.370 e. The average Bonchev–Trinajstić information content (AvgIpc) is 3.03. The summed E-state index contributed by atoms with van der Waals surface area (Å²) in [5, 5.41) is 4.18. The van der Waals surface area contributed by atoms with Crippen LogP contribution in [0, 0.1) is 6.92 Å². The monoisotopic (exact) mass is 316 g/mol. The van der Waals surface area contributed by atoms with Crippen molar-refractivity contribution in [1.29, 1.82) is 0 Å². The van der Waals surface area contributed by atoms with Gasteiger partial charge in [-0.1, -0.05) is 23.7 Å². The van der Waals surface area contributed by atoms with Crippen LogP contribution in [0.1, 0.15) is 24.2 Å². The van der Waals surface area contributed by atoms with Gasteiger partial charge in [-0.05, 0) is 43.9 Å². The van der Waals surface area contributed by atoms with E-state index in [4.69, 9.17) is 11.6 Å². The van der Waals surface area contributed by atoms with Crippen LogP contribution in [0.2, 0.25) is 5.02 Å². The molecule has 0 spiro atoms. The molecule has 116 valence electrons. The summed E-state index contributed by atoms with van der Waals surface area (Å²) in [6.45, 7) is 4.99. The van der Waals surface area contributed by atoms with Crippen LogP contribution in [0.15, 0.2) is 30.3 Å². The van der Waals surface area contributed by atoms with Crippen LogP contribution >= 0.6 is 11.6 Å².